The summed E-state index contributed by atoms with van der Waals surface area (Å²) >= 11 is 0. The van der Waals surface area contributed by atoms with Crippen LogP contribution in [-0.2, 0) is 10.0 Å². The van der Waals surface area contributed by atoms with Crippen LogP contribution in [0.4, 0.5) is 5.69 Å². The number of carboxylic acids is 1. The number of amides is 1. The molecule has 9 heteroatoms. The van der Waals surface area contributed by atoms with Gasteiger partial charge in [-0.15, -0.1) is 0 Å². The van der Waals surface area contributed by atoms with Crippen molar-refractivity contribution in [2.24, 2.45) is 0 Å². The van der Waals surface area contributed by atoms with E-state index < -0.39 is 27.4 Å². The van der Waals surface area contributed by atoms with Crippen LogP contribution < -0.4 is 5.32 Å². The van der Waals surface area contributed by atoms with E-state index in [9.17, 15) is 23.1 Å². The van der Waals surface area contributed by atoms with E-state index in [1.165, 1.54) is 40.7 Å². The third-order valence-electron chi connectivity index (χ3n) is 6.09. The maximum Gasteiger partial charge on any atom is 0.337 e. The Bertz CT molecular complexity index is 1370. The molecular formula is C24H21N3O5S. The second kappa shape index (κ2) is 8.31. The summed E-state index contributed by atoms with van der Waals surface area (Å²) in [5.41, 5.74) is 0.412. The van der Waals surface area contributed by atoms with Gasteiger partial charge in [-0.1, -0.05) is 24.3 Å². The smallest absolute Gasteiger partial charge is 0.337 e. The fraction of sp³-hybridized carbons (Fsp3) is 0.208. The minimum absolute atomic E-state index is 0.00883. The van der Waals surface area contributed by atoms with Crippen molar-refractivity contribution in [3.8, 4) is 6.07 Å². The number of hydrogen-bond acceptors (Lipinski definition) is 5. The maximum absolute atomic E-state index is 13.5. The molecule has 2 aliphatic rings. The van der Waals surface area contributed by atoms with Gasteiger partial charge in [0.25, 0.3) is 5.91 Å². The van der Waals surface area contributed by atoms with Gasteiger partial charge in [0.15, 0.2) is 0 Å². The van der Waals surface area contributed by atoms with Gasteiger partial charge >= 0.3 is 5.97 Å². The van der Waals surface area contributed by atoms with Crippen molar-refractivity contribution in [2.75, 3.05) is 11.9 Å². The summed E-state index contributed by atoms with van der Waals surface area (Å²) in [5.74, 6) is -1.96. The van der Waals surface area contributed by atoms with Crippen molar-refractivity contribution < 1.29 is 23.1 Å². The summed E-state index contributed by atoms with van der Waals surface area (Å²) < 4.78 is 28.4. The number of fused-ring (bicyclic) bond motifs is 1. The molecule has 1 unspecified atom stereocenters. The highest BCUT2D eigenvalue weighted by molar-refractivity contribution is 7.89. The topological polar surface area (TPSA) is 128 Å². The van der Waals surface area contributed by atoms with E-state index in [-0.39, 0.29) is 27.3 Å². The number of allylic oxidation sites excluding steroid dienone is 2. The fourth-order valence-electron chi connectivity index (χ4n) is 4.28. The van der Waals surface area contributed by atoms with Crippen LogP contribution in [0.1, 0.15) is 46.0 Å². The van der Waals surface area contributed by atoms with Crippen LogP contribution in [0.25, 0.3) is 0 Å². The molecule has 1 heterocycles. The molecule has 0 bridgehead atoms. The molecule has 4 rings (SSSR count). The van der Waals surface area contributed by atoms with Crippen LogP contribution in [0.15, 0.2) is 71.2 Å². The lowest BCUT2D eigenvalue weighted by Crippen LogP contribution is -2.46. The van der Waals surface area contributed by atoms with E-state index in [4.69, 9.17) is 5.26 Å². The minimum Gasteiger partial charge on any atom is -0.478 e. The number of carboxylic acid groups (broad SMARTS) is 1. The maximum atomic E-state index is 13.5. The standard InChI is InChI=1S/C24H21N3O5S/c1-24-11-3-2-6-18(24)10-12-27(24)33(31,32)19-7-4-5-17(14-19)22(28)26-21-9-8-16(15-25)13-20(21)23(29)30/h2-9,13-14H,10-12H2,1H3,(H,26,28)(H,29,30). The molecular weight excluding hydrogens is 442 g/mol. The number of hydrogen-bond donors (Lipinski definition) is 2. The highest BCUT2D eigenvalue weighted by atomic mass is 32.2. The summed E-state index contributed by atoms with van der Waals surface area (Å²) in [5, 5.41) is 20.9. The summed E-state index contributed by atoms with van der Waals surface area (Å²) in [4.78, 5) is 24.4. The molecule has 2 N–H and O–H groups in total. The number of nitrogens with one attached hydrogen (secondary N) is 1. The van der Waals surface area contributed by atoms with Gasteiger partial charge in [-0.05, 0) is 61.7 Å². The fourth-order valence-corrected chi connectivity index (χ4v) is 6.12. The second-order valence-electron chi connectivity index (χ2n) is 8.08. The third-order valence-corrected chi connectivity index (χ3v) is 8.10. The van der Waals surface area contributed by atoms with Crippen LogP contribution in [0.3, 0.4) is 0 Å². The Kier molecular flexibility index (Phi) is 5.66. The van der Waals surface area contributed by atoms with Crippen molar-refractivity contribution in [3.05, 3.63) is 83.0 Å². The first-order valence-electron chi connectivity index (χ1n) is 10.2. The van der Waals surface area contributed by atoms with E-state index in [1.807, 2.05) is 31.2 Å². The average molecular weight is 464 g/mol. The molecule has 1 atom stereocenters. The molecule has 2 aromatic carbocycles. The Morgan fingerprint density at radius 1 is 1.21 bits per heavy atom. The molecule has 1 amide bonds. The van der Waals surface area contributed by atoms with Gasteiger partial charge in [-0.2, -0.15) is 9.57 Å². The number of aromatic carboxylic acids is 1. The molecule has 1 aliphatic heterocycles. The van der Waals surface area contributed by atoms with E-state index in [0.717, 1.165) is 11.6 Å². The minimum atomic E-state index is -3.88. The number of anilines is 1. The Balaban J connectivity index is 1.63. The molecule has 1 saturated heterocycles. The van der Waals surface area contributed by atoms with E-state index in [2.05, 4.69) is 5.32 Å². The van der Waals surface area contributed by atoms with Crippen molar-refractivity contribution in [2.45, 2.75) is 30.2 Å². The van der Waals surface area contributed by atoms with Crippen LogP contribution in [0.2, 0.25) is 0 Å². The van der Waals surface area contributed by atoms with Gasteiger partial charge in [-0.25, -0.2) is 13.2 Å². The van der Waals surface area contributed by atoms with Crippen LogP contribution in [0.5, 0.6) is 0 Å². The van der Waals surface area contributed by atoms with E-state index >= 15 is 0 Å². The number of nitrogens with zero attached hydrogens (tertiary/aromatic N) is 2. The first-order chi connectivity index (χ1) is 15.7. The Hall–Kier alpha value is -3.74. The molecule has 8 nitrogen and oxygen atoms in total. The SMILES string of the molecule is CC12CC=CC=C1CCN2S(=O)(=O)c1cccc(C(=O)Nc2ccc(C#N)cc2C(=O)O)c1. The van der Waals surface area contributed by atoms with Gasteiger partial charge in [0.2, 0.25) is 10.0 Å². The lowest BCUT2D eigenvalue weighted by atomic mass is 9.87. The molecule has 0 radical (unpaired) electrons. The Morgan fingerprint density at radius 3 is 2.73 bits per heavy atom. The van der Waals surface area contributed by atoms with Crippen molar-refractivity contribution >= 4 is 27.6 Å². The predicted molar refractivity (Wildman–Crippen MR) is 121 cm³/mol. The number of carbonyl (C=O) groups is 2. The predicted octanol–water partition coefficient (Wildman–Crippen LogP) is 3.55. The van der Waals surface area contributed by atoms with Crippen molar-refractivity contribution in [3.63, 3.8) is 0 Å². The monoisotopic (exact) mass is 463 g/mol. The Labute approximate surface area is 191 Å². The molecule has 1 fully saturated rings. The van der Waals surface area contributed by atoms with Crippen LogP contribution in [-0.4, -0.2) is 41.8 Å². The Morgan fingerprint density at radius 2 is 2.00 bits per heavy atom. The lowest BCUT2D eigenvalue weighted by molar-refractivity contribution is 0.0698. The summed E-state index contributed by atoms with van der Waals surface area (Å²) in [7, 11) is -3.88. The first kappa shape index (κ1) is 22.5. The number of carbonyl (C=O) groups excluding carboxylic acids is 1. The van der Waals surface area contributed by atoms with E-state index in [0.29, 0.717) is 19.4 Å². The zero-order chi connectivity index (χ0) is 23.8. The molecule has 0 spiro atoms. The van der Waals surface area contributed by atoms with Gasteiger partial charge in [-0.3, -0.25) is 4.79 Å². The van der Waals surface area contributed by atoms with E-state index in [1.54, 1.807) is 0 Å². The second-order valence-corrected chi connectivity index (χ2v) is 9.95. The number of benzene rings is 2. The molecule has 0 saturated carbocycles. The number of nitriles is 1. The van der Waals surface area contributed by atoms with Crippen LogP contribution in [0, 0.1) is 11.3 Å². The van der Waals surface area contributed by atoms with Gasteiger partial charge in [0.1, 0.15) is 0 Å². The zero-order valence-electron chi connectivity index (χ0n) is 17.8. The number of sulfonamides is 1. The largest absolute Gasteiger partial charge is 0.478 e. The summed E-state index contributed by atoms with van der Waals surface area (Å²) in [6.07, 6.45) is 7.07. The lowest BCUT2D eigenvalue weighted by Gasteiger charge is -2.36. The highest BCUT2D eigenvalue weighted by Gasteiger charge is 2.47. The zero-order valence-corrected chi connectivity index (χ0v) is 18.6. The first-order valence-corrected chi connectivity index (χ1v) is 11.7. The number of rotatable bonds is 5. The average Bonchev–Trinajstić information content (AvgIpc) is 3.17. The highest BCUT2D eigenvalue weighted by Crippen LogP contribution is 2.42. The van der Waals surface area contributed by atoms with Gasteiger partial charge in [0.05, 0.1) is 33.3 Å². The summed E-state index contributed by atoms with van der Waals surface area (Å²) in [6, 6.07) is 11.4. The van der Waals surface area contributed by atoms with Crippen molar-refractivity contribution in [1.82, 2.24) is 4.31 Å². The normalized spacial score (nSPS) is 19.9. The molecule has 33 heavy (non-hydrogen) atoms. The van der Waals surface area contributed by atoms with Gasteiger partial charge in [0, 0.05) is 12.1 Å². The third kappa shape index (κ3) is 3.95. The van der Waals surface area contributed by atoms with Crippen LogP contribution >= 0.6 is 0 Å². The molecule has 1 aliphatic carbocycles. The molecule has 2 aromatic rings. The summed E-state index contributed by atoms with van der Waals surface area (Å²) in [6.45, 7) is 2.26. The van der Waals surface area contributed by atoms with Gasteiger partial charge < -0.3 is 10.4 Å². The quantitative estimate of drug-likeness (QED) is 0.698. The molecule has 168 valence electrons. The van der Waals surface area contributed by atoms with Crippen molar-refractivity contribution in [1.29, 1.82) is 5.26 Å². The molecule has 0 aromatic heterocycles.